The van der Waals surface area contributed by atoms with E-state index in [9.17, 15) is 9.59 Å². The molecule has 6 heteroatoms. The Bertz CT molecular complexity index is 978. The van der Waals surface area contributed by atoms with Crippen molar-refractivity contribution in [1.82, 2.24) is 0 Å². The second-order valence-corrected chi connectivity index (χ2v) is 6.42. The minimum absolute atomic E-state index is 0.0624. The van der Waals surface area contributed by atoms with Crippen molar-refractivity contribution >= 4 is 45.8 Å². The summed E-state index contributed by atoms with van der Waals surface area (Å²) in [6.07, 6.45) is 0.152. The van der Waals surface area contributed by atoms with Crippen LogP contribution in [0.15, 0.2) is 46.9 Å². The number of anilines is 2. The topological polar surface area (TPSA) is 71.3 Å². The van der Waals surface area contributed by atoms with Crippen LogP contribution in [-0.2, 0) is 4.79 Å². The van der Waals surface area contributed by atoms with Gasteiger partial charge < -0.3 is 15.1 Å². The second-order valence-electron chi connectivity index (χ2n) is 6.04. The zero-order valence-electron chi connectivity index (χ0n) is 14.6. The number of rotatable bonds is 5. The van der Waals surface area contributed by atoms with Gasteiger partial charge in [0.15, 0.2) is 0 Å². The van der Waals surface area contributed by atoms with E-state index in [-0.39, 0.29) is 24.0 Å². The fourth-order valence-corrected chi connectivity index (χ4v) is 2.80. The van der Waals surface area contributed by atoms with Crippen molar-refractivity contribution in [2.75, 3.05) is 16.5 Å². The van der Waals surface area contributed by atoms with Gasteiger partial charge in [-0.15, -0.1) is 11.6 Å². The smallest absolute Gasteiger partial charge is 0.293 e. The zero-order valence-corrected chi connectivity index (χ0v) is 15.3. The maximum atomic E-state index is 12.8. The molecule has 0 radical (unpaired) electrons. The number of halogens is 1. The Kier molecular flexibility index (Phi) is 5.28. The molecule has 0 aliphatic rings. The number of aryl methyl sites for hydroxylation is 2. The van der Waals surface area contributed by atoms with E-state index >= 15 is 0 Å². The van der Waals surface area contributed by atoms with Crippen molar-refractivity contribution in [2.24, 2.45) is 0 Å². The monoisotopic (exact) mass is 370 g/mol. The van der Waals surface area contributed by atoms with Crippen LogP contribution in [0, 0.1) is 13.8 Å². The van der Waals surface area contributed by atoms with Gasteiger partial charge in [-0.3, -0.25) is 9.59 Å². The number of carbonyl (C=O) groups is 2. The second kappa shape index (κ2) is 7.62. The predicted octanol–water partition coefficient (Wildman–Crippen LogP) is 4.87. The maximum absolute atomic E-state index is 12.8. The molecule has 0 atom stereocenters. The van der Waals surface area contributed by atoms with Crippen molar-refractivity contribution in [3.63, 3.8) is 0 Å². The first-order chi connectivity index (χ1) is 12.5. The number of para-hydroxylation sites is 1. The lowest BCUT2D eigenvalue weighted by Gasteiger charge is -2.08. The molecule has 0 aliphatic carbocycles. The zero-order chi connectivity index (χ0) is 18.7. The van der Waals surface area contributed by atoms with E-state index in [0.29, 0.717) is 22.3 Å². The molecule has 0 saturated carbocycles. The summed E-state index contributed by atoms with van der Waals surface area (Å²) in [6, 6.07) is 12.8. The molecule has 0 saturated heterocycles. The van der Waals surface area contributed by atoms with Gasteiger partial charge in [-0.05, 0) is 49.2 Å². The van der Waals surface area contributed by atoms with Crippen molar-refractivity contribution in [1.29, 1.82) is 0 Å². The van der Waals surface area contributed by atoms with Gasteiger partial charge in [0.05, 0.1) is 0 Å². The van der Waals surface area contributed by atoms with Crippen LogP contribution in [0.25, 0.3) is 11.0 Å². The highest BCUT2D eigenvalue weighted by Gasteiger charge is 2.22. The molecule has 0 bridgehead atoms. The van der Waals surface area contributed by atoms with Crippen molar-refractivity contribution < 1.29 is 14.0 Å². The molecule has 2 N–H and O–H groups in total. The summed E-state index contributed by atoms with van der Waals surface area (Å²) < 4.78 is 5.71. The third kappa shape index (κ3) is 3.73. The van der Waals surface area contributed by atoms with E-state index in [0.717, 1.165) is 11.1 Å². The van der Waals surface area contributed by atoms with Gasteiger partial charge in [-0.2, -0.15) is 0 Å². The first-order valence-electron chi connectivity index (χ1n) is 8.25. The molecule has 1 heterocycles. The van der Waals surface area contributed by atoms with E-state index in [2.05, 4.69) is 10.6 Å². The van der Waals surface area contributed by atoms with Crippen molar-refractivity contribution in [2.45, 2.75) is 20.3 Å². The van der Waals surface area contributed by atoms with Gasteiger partial charge in [0, 0.05) is 23.4 Å². The third-order valence-electron chi connectivity index (χ3n) is 4.15. The lowest BCUT2D eigenvalue weighted by atomic mass is 10.1. The van der Waals surface area contributed by atoms with E-state index in [1.807, 2.05) is 38.1 Å². The average Bonchev–Trinajstić information content (AvgIpc) is 2.97. The lowest BCUT2D eigenvalue weighted by molar-refractivity contribution is -0.115. The highest BCUT2D eigenvalue weighted by Crippen LogP contribution is 2.31. The van der Waals surface area contributed by atoms with Gasteiger partial charge in [-0.25, -0.2) is 0 Å². The van der Waals surface area contributed by atoms with Crippen molar-refractivity contribution in [3.8, 4) is 0 Å². The molecule has 0 spiro atoms. The van der Waals surface area contributed by atoms with Gasteiger partial charge >= 0.3 is 0 Å². The average molecular weight is 371 g/mol. The highest BCUT2D eigenvalue weighted by molar-refractivity contribution is 6.20. The Morgan fingerprint density at radius 3 is 2.54 bits per heavy atom. The van der Waals surface area contributed by atoms with Crippen LogP contribution >= 0.6 is 11.6 Å². The number of furan rings is 1. The van der Waals surface area contributed by atoms with Crippen LogP contribution in [0.3, 0.4) is 0 Å². The first kappa shape index (κ1) is 18.0. The molecule has 2 aromatic carbocycles. The molecule has 134 valence electrons. The fourth-order valence-electron chi connectivity index (χ4n) is 2.62. The first-order valence-corrected chi connectivity index (χ1v) is 8.79. The van der Waals surface area contributed by atoms with Crippen LogP contribution < -0.4 is 10.6 Å². The summed E-state index contributed by atoms with van der Waals surface area (Å²) in [7, 11) is 0. The molecular weight excluding hydrogens is 352 g/mol. The van der Waals surface area contributed by atoms with E-state index < -0.39 is 5.91 Å². The molecule has 1 aromatic heterocycles. The minimum Gasteiger partial charge on any atom is -0.449 e. The normalized spacial score (nSPS) is 10.7. The van der Waals surface area contributed by atoms with Crippen LogP contribution in [-0.4, -0.2) is 17.7 Å². The Hall–Kier alpha value is -2.79. The van der Waals surface area contributed by atoms with Crippen LogP contribution in [0.4, 0.5) is 11.4 Å². The molecule has 3 aromatic rings. The van der Waals surface area contributed by atoms with Crippen LogP contribution in [0.5, 0.6) is 0 Å². The standard InChI is InChI=1S/C20H19ClN2O3/c1-12-7-8-14(11-13(12)2)22-20(25)19-18(23-17(24)9-10-21)15-5-3-4-6-16(15)26-19/h3-8,11H,9-10H2,1-2H3,(H,22,25)(H,23,24). The van der Waals surface area contributed by atoms with E-state index in [4.69, 9.17) is 16.0 Å². The summed E-state index contributed by atoms with van der Waals surface area (Å²) in [5, 5.41) is 6.23. The Morgan fingerprint density at radius 1 is 1.04 bits per heavy atom. The quantitative estimate of drug-likeness (QED) is 0.629. The Morgan fingerprint density at radius 2 is 1.81 bits per heavy atom. The molecule has 5 nitrogen and oxygen atoms in total. The number of amides is 2. The Balaban J connectivity index is 1.95. The third-order valence-corrected chi connectivity index (χ3v) is 4.34. The molecule has 26 heavy (non-hydrogen) atoms. The van der Waals surface area contributed by atoms with Crippen LogP contribution in [0.1, 0.15) is 28.1 Å². The number of fused-ring (bicyclic) bond motifs is 1. The molecule has 0 fully saturated rings. The number of nitrogens with one attached hydrogen (secondary N) is 2. The van der Waals surface area contributed by atoms with Gasteiger partial charge in [0.25, 0.3) is 5.91 Å². The summed E-state index contributed by atoms with van der Waals surface area (Å²) in [4.78, 5) is 24.8. The molecule has 3 rings (SSSR count). The van der Waals surface area contributed by atoms with Gasteiger partial charge in [0.1, 0.15) is 11.3 Å². The highest BCUT2D eigenvalue weighted by atomic mass is 35.5. The summed E-state index contributed by atoms with van der Waals surface area (Å²) in [5.74, 6) is -0.434. The SMILES string of the molecule is Cc1ccc(NC(=O)c2oc3ccccc3c2NC(=O)CCCl)cc1C. The molecule has 2 amide bonds. The summed E-state index contributed by atoms with van der Waals surface area (Å²) in [6.45, 7) is 3.98. The number of carbonyl (C=O) groups excluding carboxylic acids is 2. The summed E-state index contributed by atoms with van der Waals surface area (Å²) in [5.41, 5.74) is 3.76. The molecule has 0 unspecified atom stereocenters. The van der Waals surface area contributed by atoms with Gasteiger partial charge in [0.2, 0.25) is 11.7 Å². The van der Waals surface area contributed by atoms with E-state index in [1.54, 1.807) is 18.2 Å². The summed E-state index contributed by atoms with van der Waals surface area (Å²) >= 11 is 5.63. The largest absolute Gasteiger partial charge is 0.449 e. The van der Waals surface area contributed by atoms with Gasteiger partial charge in [-0.1, -0.05) is 18.2 Å². The predicted molar refractivity (Wildman–Crippen MR) is 104 cm³/mol. The fraction of sp³-hybridized carbons (Fsp3) is 0.200. The number of hydrogen-bond donors (Lipinski definition) is 2. The molecular formula is C20H19ClN2O3. The number of alkyl halides is 1. The lowest BCUT2D eigenvalue weighted by Crippen LogP contribution is -2.17. The maximum Gasteiger partial charge on any atom is 0.293 e. The molecule has 0 aliphatic heterocycles. The number of hydrogen-bond acceptors (Lipinski definition) is 3. The minimum atomic E-state index is -0.425. The number of benzene rings is 2. The van der Waals surface area contributed by atoms with E-state index in [1.165, 1.54) is 0 Å². The van der Waals surface area contributed by atoms with Crippen molar-refractivity contribution in [3.05, 3.63) is 59.4 Å². The van der Waals surface area contributed by atoms with Crippen LogP contribution in [0.2, 0.25) is 0 Å². The Labute approximate surface area is 156 Å².